The van der Waals surface area contributed by atoms with Crippen LogP contribution in [0.3, 0.4) is 0 Å². The smallest absolute Gasteiger partial charge is 0.228 e. The second-order valence-corrected chi connectivity index (χ2v) is 4.92. The summed E-state index contributed by atoms with van der Waals surface area (Å²) in [5.74, 6) is 6.05. The highest BCUT2D eigenvalue weighted by atomic mass is 16.5. The molecule has 2 rings (SSSR count). The number of carbonyl (C=O) groups excluding carboxylic acids is 1. The molecule has 0 saturated carbocycles. The minimum atomic E-state index is 0.00212. The van der Waals surface area contributed by atoms with Crippen LogP contribution in [0, 0.1) is 17.8 Å². The molecule has 0 spiro atoms. The molecule has 0 aliphatic carbocycles. The van der Waals surface area contributed by atoms with Crippen LogP contribution < -0.4 is 5.73 Å². The Labute approximate surface area is 119 Å². The standard InChI is InChI=1S/C16H20N2O2/c1-18(16(19)15-8-10-20-12-15)11-14-6-3-2-5-13(14)7-4-9-17/h2-3,5-6,15H,8-12,17H2,1H3. The first kappa shape index (κ1) is 14.6. The van der Waals surface area contributed by atoms with Crippen LogP contribution >= 0.6 is 0 Å². The molecule has 1 atom stereocenters. The fourth-order valence-electron chi connectivity index (χ4n) is 2.30. The topological polar surface area (TPSA) is 55.6 Å². The van der Waals surface area contributed by atoms with Gasteiger partial charge in [0.05, 0.1) is 19.1 Å². The predicted octanol–water partition coefficient (Wildman–Crippen LogP) is 0.992. The van der Waals surface area contributed by atoms with Gasteiger partial charge < -0.3 is 15.4 Å². The number of amides is 1. The minimum absolute atomic E-state index is 0.00212. The summed E-state index contributed by atoms with van der Waals surface area (Å²) in [6.07, 6.45) is 0.817. The van der Waals surface area contributed by atoms with E-state index in [1.165, 1.54) is 0 Å². The first-order chi connectivity index (χ1) is 9.72. The SMILES string of the molecule is CN(Cc1ccccc1C#CCN)C(=O)C1CCOC1. The van der Waals surface area contributed by atoms with Gasteiger partial charge in [0.2, 0.25) is 5.91 Å². The van der Waals surface area contributed by atoms with Gasteiger partial charge in [-0.25, -0.2) is 0 Å². The normalized spacial score (nSPS) is 17.4. The Morgan fingerprint density at radius 3 is 3.00 bits per heavy atom. The molecular weight excluding hydrogens is 252 g/mol. The van der Waals surface area contributed by atoms with Crippen LogP contribution in [0.4, 0.5) is 0 Å². The molecule has 4 heteroatoms. The summed E-state index contributed by atoms with van der Waals surface area (Å²) in [6.45, 7) is 2.12. The molecule has 0 bridgehead atoms. The number of rotatable bonds is 3. The van der Waals surface area contributed by atoms with Crippen LogP contribution in [-0.4, -0.2) is 37.6 Å². The number of ether oxygens (including phenoxy) is 1. The van der Waals surface area contributed by atoms with Crippen molar-refractivity contribution < 1.29 is 9.53 Å². The van der Waals surface area contributed by atoms with Gasteiger partial charge in [0.1, 0.15) is 0 Å². The zero-order valence-electron chi connectivity index (χ0n) is 11.8. The maximum Gasteiger partial charge on any atom is 0.228 e. The van der Waals surface area contributed by atoms with Crippen molar-refractivity contribution in [1.82, 2.24) is 4.90 Å². The molecule has 1 unspecified atom stereocenters. The highest BCUT2D eigenvalue weighted by Crippen LogP contribution is 2.17. The van der Waals surface area contributed by atoms with Crippen LogP contribution in [0.15, 0.2) is 24.3 Å². The van der Waals surface area contributed by atoms with E-state index in [9.17, 15) is 4.79 Å². The number of carbonyl (C=O) groups is 1. The van der Waals surface area contributed by atoms with Gasteiger partial charge in [-0.1, -0.05) is 30.0 Å². The molecule has 1 aliphatic heterocycles. The second kappa shape index (κ2) is 7.09. The van der Waals surface area contributed by atoms with Crippen molar-refractivity contribution in [3.8, 4) is 11.8 Å². The van der Waals surface area contributed by atoms with E-state index in [1.807, 2.05) is 31.3 Å². The highest BCUT2D eigenvalue weighted by Gasteiger charge is 2.26. The molecule has 1 aromatic carbocycles. The summed E-state index contributed by atoms with van der Waals surface area (Å²) in [4.78, 5) is 14.0. The average molecular weight is 272 g/mol. The van der Waals surface area contributed by atoms with E-state index >= 15 is 0 Å². The largest absolute Gasteiger partial charge is 0.381 e. The molecule has 106 valence electrons. The van der Waals surface area contributed by atoms with Crippen molar-refractivity contribution in [2.24, 2.45) is 11.7 Å². The summed E-state index contributed by atoms with van der Waals surface area (Å²) in [7, 11) is 1.83. The molecule has 20 heavy (non-hydrogen) atoms. The van der Waals surface area contributed by atoms with Gasteiger partial charge in [-0.05, 0) is 18.1 Å². The number of benzene rings is 1. The summed E-state index contributed by atoms with van der Waals surface area (Å²) in [5.41, 5.74) is 7.38. The lowest BCUT2D eigenvalue weighted by atomic mass is 10.1. The third kappa shape index (κ3) is 3.60. The van der Waals surface area contributed by atoms with Crippen molar-refractivity contribution >= 4 is 5.91 Å². The average Bonchev–Trinajstić information content (AvgIpc) is 2.99. The van der Waals surface area contributed by atoms with E-state index in [2.05, 4.69) is 11.8 Å². The predicted molar refractivity (Wildman–Crippen MR) is 77.8 cm³/mol. The fourth-order valence-corrected chi connectivity index (χ4v) is 2.30. The van der Waals surface area contributed by atoms with E-state index in [4.69, 9.17) is 10.5 Å². The Bertz CT molecular complexity index is 525. The van der Waals surface area contributed by atoms with E-state index in [-0.39, 0.29) is 11.8 Å². The molecule has 1 fully saturated rings. The molecule has 1 amide bonds. The molecule has 1 aromatic rings. The third-order valence-corrected chi connectivity index (χ3v) is 3.41. The lowest BCUT2D eigenvalue weighted by molar-refractivity contribution is -0.134. The molecular formula is C16H20N2O2. The number of nitrogens with two attached hydrogens (primary N) is 1. The maximum atomic E-state index is 12.3. The Balaban J connectivity index is 2.07. The maximum absolute atomic E-state index is 12.3. The van der Waals surface area contributed by atoms with Gasteiger partial charge in [0.15, 0.2) is 0 Å². The molecule has 1 aliphatic rings. The zero-order chi connectivity index (χ0) is 14.4. The van der Waals surface area contributed by atoms with Crippen molar-refractivity contribution in [3.05, 3.63) is 35.4 Å². The molecule has 1 heterocycles. The Kier molecular flexibility index (Phi) is 5.16. The summed E-state index contributed by atoms with van der Waals surface area (Å²) >= 11 is 0. The molecule has 2 N–H and O–H groups in total. The molecule has 0 radical (unpaired) electrons. The van der Waals surface area contributed by atoms with Gasteiger partial charge in [-0.3, -0.25) is 4.79 Å². The molecule has 0 aromatic heterocycles. The molecule has 1 saturated heterocycles. The first-order valence-electron chi connectivity index (χ1n) is 6.82. The van der Waals surface area contributed by atoms with Crippen LogP contribution in [0.2, 0.25) is 0 Å². The summed E-state index contributed by atoms with van der Waals surface area (Å²) in [6, 6.07) is 7.85. The van der Waals surface area contributed by atoms with E-state index < -0.39 is 0 Å². The number of nitrogens with zero attached hydrogens (tertiary/aromatic N) is 1. The van der Waals surface area contributed by atoms with Gasteiger partial charge in [0.25, 0.3) is 0 Å². The van der Waals surface area contributed by atoms with Crippen LogP contribution in [0.1, 0.15) is 17.5 Å². The number of hydrogen-bond acceptors (Lipinski definition) is 3. The third-order valence-electron chi connectivity index (χ3n) is 3.41. The highest BCUT2D eigenvalue weighted by molar-refractivity contribution is 5.79. The Morgan fingerprint density at radius 1 is 1.50 bits per heavy atom. The Morgan fingerprint density at radius 2 is 2.30 bits per heavy atom. The van der Waals surface area contributed by atoms with Crippen LogP contribution in [0.5, 0.6) is 0 Å². The van der Waals surface area contributed by atoms with Gasteiger partial charge in [0, 0.05) is 25.8 Å². The van der Waals surface area contributed by atoms with Crippen LogP contribution in [0.25, 0.3) is 0 Å². The fraction of sp³-hybridized carbons (Fsp3) is 0.438. The quantitative estimate of drug-likeness (QED) is 0.835. The number of hydrogen-bond donors (Lipinski definition) is 1. The Hall–Kier alpha value is -1.83. The lowest BCUT2D eigenvalue weighted by Gasteiger charge is -2.21. The van der Waals surface area contributed by atoms with E-state index in [0.29, 0.717) is 26.3 Å². The molecule has 4 nitrogen and oxygen atoms in total. The van der Waals surface area contributed by atoms with Gasteiger partial charge in [-0.2, -0.15) is 0 Å². The van der Waals surface area contributed by atoms with Crippen molar-refractivity contribution in [2.75, 3.05) is 26.8 Å². The zero-order valence-corrected chi connectivity index (χ0v) is 11.8. The van der Waals surface area contributed by atoms with Crippen molar-refractivity contribution in [3.63, 3.8) is 0 Å². The minimum Gasteiger partial charge on any atom is -0.381 e. The summed E-state index contributed by atoms with van der Waals surface area (Å²) < 4.78 is 5.27. The van der Waals surface area contributed by atoms with Gasteiger partial charge in [-0.15, -0.1) is 0 Å². The lowest BCUT2D eigenvalue weighted by Crippen LogP contribution is -2.32. The summed E-state index contributed by atoms with van der Waals surface area (Å²) in [5, 5.41) is 0. The van der Waals surface area contributed by atoms with Crippen molar-refractivity contribution in [1.29, 1.82) is 0 Å². The van der Waals surface area contributed by atoms with Crippen molar-refractivity contribution in [2.45, 2.75) is 13.0 Å². The first-order valence-corrected chi connectivity index (χ1v) is 6.82. The van der Waals surface area contributed by atoms with Gasteiger partial charge >= 0.3 is 0 Å². The second-order valence-electron chi connectivity index (χ2n) is 4.92. The van der Waals surface area contributed by atoms with Crippen LogP contribution in [-0.2, 0) is 16.1 Å². The monoisotopic (exact) mass is 272 g/mol. The van der Waals surface area contributed by atoms with E-state index in [0.717, 1.165) is 17.5 Å². The van der Waals surface area contributed by atoms with E-state index in [1.54, 1.807) is 4.90 Å².